The molecule has 0 saturated carbocycles. The Balaban J connectivity index is 1.12. The van der Waals surface area contributed by atoms with Crippen LogP contribution >= 0.6 is 0 Å². The number of allylic oxidation sites excluding steroid dienone is 4. The molecule has 55 heavy (non-hydrogen) atoms. The first-order chi connectivity index (χ1) is 27.2. The van der Waals surface area contributed by atoms with Crippen LogP contribution in [-0.4, -0.2) is 9.55 Å². The van der Waals surface area contributed by atoms with Gasteiger partial charge in [-0.05, 0) is 106 Å². The molecule has 2 heteroatoms. The van der Waals surface area contributed by atoms with Crippen LogP contribution in [0.2, 0.25) is 0 Å². The zero-order valence-electron chi connectivity index (χ0n) is 30.4. The van der Waals surface area contributed by atoms with E-state index < -0.39 is 0 Å². The van der Waals surface area contributed by atoms with Crippen molar-refractivity contribution in [3.8, 4) is 61.6 Å². The van der Waals surface area contributed by atoms with Crippen molar-refractivity contribution in [1.29, 1.82) is 0 Å². The maximum atomic E-state index is 5.30. The number of hydrogen-bond acceptors (Lipinski definition) is 1. The Morgan fingerprint density at radius 3 is 1.53 bits per heavy atom. The Kier molecular flexibility index (Phi) is 8.35. The van der Waals surface area contributed by atoms with Gasteiger partial charge in [-0.2, -0.15) is 0 Å². The summed E-state index contributed by atoms with van der Waals surface area (Å²) in [6, 6.07) is 67.9. The SMILES string of the molecule is C1=CCCC(c2ccc3c(c2)c2cc(-c4ccccc4)ccc2n3-c2cccc(-c3cc(-c4ccc(-c5ccccc5)cc4)cc(-c4ccccc4)n3)c2)=C1. The Morgan fingerprint density at radius 2 is 0.891 bits per heavy atom. The smallest absolute Gasteiger partial charge is 0.0716 e. The largest absolute Gasteiger partial charge is 0.309 e. The van der Waals surface area contributed by atoms with Gasteiger partial charge >= 0.3 is 0 Å². The molecule has 0 amide bonds. The van der Waals surface area contributed by atoms with E-state index in [1.807, 2.05) is 0 Å². The van der Waals surface area contributed by atoms with Crippen LogP contribution in [0, 0.1) is 0 Å². The maximum absolute atomic E-state index is 5.30. The first-order valence-corrected chi connectivity index (χ1v) is 19.1. The van der Waals surface area contributed by atoms with Gasteiger partial charge in [0.05, 0.1) is 22.4 Å². The maximum Gasteiger partial charge on any atom is 0.0716 e. The lowest BCUT2D eigenvalue weighted by molar-refractivity contribution is 1.05. The fraction of sp³-hybridized carbons (Fsp3) is 0.0377. The normalized spacial score (nSPS) is 12.6. The van der Waals surface area contributed by atoms with Crippen molar-refractivity contribution in [2.75, 3.05) is 0 Å². The highest BCUT2D eigenvalue weighted by molar-refractivity contribution is 6.11. The summed E-state index contributed by atoms with van der Waals surface area (Å²) in [4.78, 5) is 5.30. The Morgan fingerprint density at radius 1 is 0.382 bits per heavy atom. The van der Waals surface area contributed by atoms with Crippen LogP contribution in [0.3, 0.4) is 0 Å². The molecule has 7 aromatic carbocycles. The van der Waals surface area contributed by atoms with Crippen LogP contribution in [-0.2, 0) is 0 Å². The van der Waals surface area contributed by atoms with Gasteiger partial charge in [0.2, 0.25) is 0 Å². The van der Waals surface area contributed by atoms with Crippen molar-refractivity contribution in [3.05, 3.63) is 212 Å². The highest BCUT2D eigenvalue weighted by atomic mass is 15.0. The van der Waals surface area contributed by atoms with E-state index in [9.17, 15) is 0 Å². The van der Waals surface area contributed by atoms with Crippen molar-refractivity contribution in [2.45, 2.75) is 12.8 Å². The zero-order chi connectivity index (χ0) is 36.6. The topological polar surface area (TPSA) is 17.8 Å². The molecule has 0 atom stereocenters. The molecule has 0 unspecified atom stereocenters. The zero-order valence-corrected chi connectivity index (χ0v) is 30.4. The molecule has 0 saturated heterocycles. The summed E-state index contributed by atoms with van der Waals surface area (Å²) < 4.78 is 2.42. The molecule has 0 aliphatic heterocycles. The lowest BCUT2D eigenvalue weighted by Crippen LogP contribution is -1.96. The van der Waals surface area contributed by atoms with E-state index in [0.717, 1.165) is 52.2 Å². The fourth-order valence-corrected chi connectivity index (χ4v) is 8.05. The minimum Gasteiger partial charge on any atom is -0.309 e. The molecule has 0 spiro atoms. The fourth-order valence-electron chi connectivity index (χ4n) is 8.05. The van der Waals surface area contributed by atoms with Gasteiger partial charge in [-0.25, -0.2) is 4.98 Å². The Labute approximate surface area is 322 Å². The summed E-state index contributed by atoms with van der Waals surface area (Å²) in [5.74, 6) is 0. The van der Waals surface area contributed by atoms with Crippen LogP contribution in [0.5, 0.6) is 0 Å². The predicted octanol–water partition coefficient (Wildman–Crippen LogP) is 14.2. The molecule has 0 radical (unpaired) electrons. The number of rotatable bonds is 7. The second-order valence-corrected chi connectivity index (χ2v) is 14.3. The molecule has 2 heterocycles. The first kappa shape index (κ1) is 32.6. The van der Waals surface area contributed by atoms with E-state index in [1.54, 1.807) is 0 Å². The Hall–Kier alpha value is -7.03. The van der Waals surface area contributed by atoms with Crippen LogP contribution in [0.15, 0.2) is 206 Å². The molecule has 0 fully saturated rings. The highest BCUT2D eigenvalue weighted by Gasteiger charge is 2.17. The number of pyridine rings is 1. The summed E-state index contributed by atoms with van der Waals surface area (Å²) in [5.41, 5.74) is 17.4. The van der Waals surface area contributed by atoms with Crippen molar-refractivity contribution >= 4 is 27.4 Å². The average Bonchev–Trinajstić information content (AvgIpc) is 3.60. The van der Waals surface area contributed by atoms with E-state index in [4.69, 9.17) is 4.98 Å². The van der Waals surface area contributed by atoms with Crippen LogP contribution in [0.1, 0.15) is 18.4 Å². The van der Waals surface area contributed by atoms with Gasteiger partial charge in [-0.15, -0.1) is 0 Å². The minimum atomic E-state index is 0.942. The van der Waals surface area contributed by atoms with Crippen LogP contribution in [0.4, 0.5) is 0 Å². The molecule has 9 aromatic rings. The monoisotopic (exact) mass is 702 g/mol. The van der Waals surface area contributed by atoms with Crippen molar-refractivity contribution < 1.29 is 0 Å². The molecular formula is C53H38N2. The van der Waals surface area contributed by atoms with Crippen LogP contribution < -0.4 is 0 Å². The van der Waals surface area contributed by atoms with Gasteiger partial charge in [0.15, 0.2) is 0 Å². The third kappa shape index (κ3) is 6.28. The lowest BCUT2D eigenvalue weighted by atomic mass is 9.95. The number of aromatic nitrogens is 2. The van der Waals surface area contributed by atoms with E-state index in [2.05, 4.69) is 211 Å². The van der Waals surface area contributed by atoms with Gasteiger partial charge in [0.1, 0.15) is 0 Å². The second kappa shape index (κ2) is 14.1. The molecule has 260 valence electrons. The van der Waals surface area contributed by atoms with Gasteiger partial charge in [-0.1, -0.05) is 158 Å². The van der Waals surface area contributed by atoms with Gasteiger partial charge in [0.25, 0.3) is 0 Å². The second-order valence-electron chi connectivity index (χ2n) is 14.3. The third-order valence-electron chi connectivity index (χ3n) is 10.9. The highest BCUT2D eigenvalue weighted by Crippen LogP contribution is 2.39. The number of nitrogens with zero attached hydrogens (tertiary/aromatic N) is 2. The van der Waals surface area contributed by atoms with E-state index in [-0.39, 0.29) is 0 Å². The predicted molar refractivity (Wildman–Crippen MR) is 232 cm³/mol. The summed E-state index contributed by atoms with van der Waals surface area (Å²) >= 11 is 0. The Bertz CT molecular complexity index is 2880. The summed E-state index contributed by atoms with van der Waals surface area (Å²) in [6.45, 7) is 0. The molecule has 2 nitrogen and oxygen atoms in total. The number of hydrogen-bond donors (Lipinski definition) is 0. The summed E-state index contributed by atoms with van der Waals surface area (Å²) in [6.07, 6.45) is 8.85. The van der Waals surface area contributed by atoms with Crippen molar-refractivity contribution in [3.63, 3.8) is 0 Å². The number of benzene rings is 7. The van der Waals surface area contributed by atoms with Crippen molar-refractivity contribution in [2.24, 2.45) is 0 Å². The summed E-state index contributed by atoms with van der Waals surface area (Å²) in [7, 11) is 0. The molecular weight excluding hydrogens is 665 g/mol. The molecule has 0 N–H and O–H groups in total. The van der Waals surface area contributed by atoms with E-state index in [0.29, 0.717) is 0 Å². The van der Waals surface area contributed by atoms with E-state index >= 15 is 0 Å². The summed E-state index contributed by atoms with van der Waals surface area (Å²) in [5, 5.41) is 2.51. The quantitative estimate of drug-likeness (QED) is 0.162. The molecule has 10 rings (SSSR count). The molecule has 0 bridgehead atoms. The van der Waals surface area contributed by atoms with Gasteiger partial charge < -0.3 is 4.57 Å². The van der Waals surface area contributed by atoms with Crippen molar-refractivity contribution in [1.82, 2.24) is 9.55 Å². The van der Waals surface area contributed by atoms with Gasteiger partial charge in [-0.3, -0.25) is 0 Å². The minimum absolute atomic E-state index is 0.942. The molecule has 1 aliphatic carbocycles. The molecule has 1 aliphatic rings. The first-order valence-electron chi connectivity index (χ1n) is 19.1. The lowest BCUT2D eigenvalue weighted by Gasteiger charge is -2.13. The van der Waals surface area contributed by atoms with Crippen LogP contribution in [0.25, 0.3) is 89.0 Å². The number of fused-ring (bicyclic) bond motifs is 3. The standard InChI is InChI=1S/C53H38N2/c1-5-14-37(15-6-1)40-24-26-41(27-25-40)46-35-50(42-20-11-4-12-21-42)54-51(36-46)45-22-13-23-47(32-45)55-52-30-28-43(38-16-7-2-8-17-38)33-48(52)49-34-44(29-31-53(49)55)39-18-9-3-10-19-39/h1-9,11-18,20-36H,10,19H2. The van der Waals surface area contributed by atoms with Gasteiger partial charge in [0, 0.05) is 27.6 Å². The average molecular weight is 703 g/mol. The molecule has 2 aromatic heterocycles. The van der Waals surface area contributed by atoms with E-state index in [1.165, 1.54) is 55.2 Å². The third-order valence-corrected chi connectivity index (χ3v) is 10.9.